The van der Waals surface area contributed by atoms with E-state index in [0.29, 0.717) is 18.4 Å². The van der Waals surface area contributed by atoms with Crippen LogP contribution in [0.3, 0.4) is 0 Å². The van der Waals surface area contributed by atoms with E-state index in [2.05, 4.69) is 38.1 Å². The molecule has 0 unspecified atom stereocenters. The highest BCUT2D eigenvalue weighted by Crippen LogP contribution is 2.41. The van der Waals surface area contributed by atoms with Gasteiger partial charge in [0.25, 0.3) is 0 Å². The summed E-state index contributed by atoms with van der Waals surface area (Å²) < 4.78 is 2.26. The highest BCUT2D eigenvalue weighted by molar-refractivity contribution is 6.30. The zero-order valence-corrected chi connectivity index (χ0v) is 18.8. The lowest BCUT2D eigenvalue weighted by Crippen LogP contribution is -2.18. The first-order valence-corrected chi connectivity index (χ1v) is 10.7. The second kappa shape index (κ2) is 8.61. The van der Waals surface area contributed by atoms with Gasteiger partial charge >= 0.3 is 0 Å². The van der Waals surface area contributed by atoms with Gasteiger partial charge in [0.2, 0.25) is 0 Å². The van der Waals surface area contributed by atoms with E-state index in [4.69, 9.17) is 16.6 Å². The number of hydrogen-bond acceptors (Lipinski definition) is 5. The standard InChI is InChI=1S/C22H25ClN6.ClH/c1-13-10-25-14(2)21(26-13)15-3-5-16(6-4-15)22-28-27-20-12-24-11-17-9-18(23)7-8-19(17)29(20)22;/h7-10,15-16,24H,3-6,11-12H2,1-2H3;1H/t15-,16-;. The van der Waals surface area contributed by atoms with Crippen molar-refractivity contribution < 1.29 is 0 Å². The summed E-state index contributed by atoms with van der Waals surface area (Å²) in [6, 6.07) is 6.09. The van der Waals surface area contributed by atoms with Crippen LogP contribution in [-0.2, 0) is 13.1 Å². The molecule has 0 atom stereocenters. The van der Waals surface area contributed by atoms with Crippen LogP contribution in [0, 0.1) is 13.8 Å². The second-order valence-corrected chi connectivity index (χ2v) is 8.65. The molecule has 0 saturated heterocycles. The Morgan fingerprint density at radius 2 is 1.80 bits per heavy atom. The van der Waals surface area contributed by atoms with Crippen molar-refractivity contribution in [1.29, 1.82) is 0 Å². The molecular formula is C22H26Cl2N6. The molecular weight excluding hydrogens is 419 g/mol. The SMILES string of the molecule is Cc1cnc(C)c([C@H]2CC[C@H](c3nnc4n3-c3ccc(Cl)cc3CNC4)CC2)n1.Cl. The predicted molar refractivity (Wildman–Crippen MR) is 120 cm³/mol. The summed E-state index contributed by atoms with van der Waals surface area (Å²) in [7, 11) is 0. The summed E-state index contributed by atoms with van der Waals surface area (Å²) in [4.78, 5) is 9.30. The van der Waals surface area contributed by atoms with Gasteiger partial charge in [0.05, 0.1) is 29.3 Å². The molecule has 3 heterocycles. The maximum absolute atomic E-state index is 6.24. The molecule has 2 aromatic heterocycles. The average Bonchev–Trinajstić information content (AvgIpc) is 3.05. The highest BCUT2D eigenvalue weighted by atomic mass is 35.5. The second-order valence-electron chi connectivity index (χ2n) is 8.22. The minimum atomic E-state index is 0. The molecule has 1 aromatic carbocycles. The Morgan fingerprint density at radius 1 is 1.03 bits per heavy atom. The molecule has 1 aliphatic heterocycles. The number of hydrogen-bond donors (Lipinski definition) is 1. The number of aromatic nitrogens is 5. The minimum Gasteiger partial charge on any atom is -0.306 e. The van der Waals surface area contributed by atoms with Crippen LogP contribution in [0.15, 0.2) is 24.4 Å². The van der Waals surface area contributed by atoms with Crippen LogP contribution in [0.25, 0.3) is 5.69 Å². The molecule has 3 aromatic rings. The van der Waals surface area contributed by atoms with Crippen molar-refractivity contribution in [3.8, 4) is 5.69 Å². The summed E-state index contributed by atoms with van der Waals surface area (Å²) >= 11 is 6.24. The van der Waals surface area contributed by atoms with Gasteiger partial charge in [-0.2, -0.15) is 0 Å². The fraction of sp³-hybridized carbons (Fsp3) is 0.455. The smallest absolute Gasteiger partial charge is 0.151 e. The quantitative estimate of drug-likeness (QED) is 0.614. The molecule has 8 heteroatoms. The molecule has 1 N–H and O–H groups in total. The van der Waals surface area contributed by atoms with E-state index in [1.807, 2.05) is 25.3 Å². The summed E-state index contributed by atoms with van der Waals surface area (Å²) in [5.41, 5.74) is 5.58. The number of rotatable bonds is 2. The van der Waals surface area contributed by atoms with Crippen LogP contribution in [0.4, 0.5) is 0 Å². The fourth-order valence-electron chi connectivity index (χ4n) is 4.76. The van der Waals surface area contributed by atoms with Crippen LogP contribution in [-0.4, -0.2) is 24.7 Å². The Balaban J connectivity index is 0.00000218. The minimum absolute atomic E-state index is 0. The van der Waals surface area contributed by atoms with Gasteiger partial charge < -0.3 is 5.32 Å². The number of benzene rings is 1. The molecule has 6 nitrogen and oxygen atoms in total. The normalized spacial score (nSPS) is 20.6. The van der Waals surface area contributed by atoms with Gasteiger partial charge in [-0.25, -0.2) is 0 Å². The summed E-state index contributed by atoms with van der Waals surface area (Å²) in [5.74, 6) is 2.95. The van der Waals surface area contributed by atoms with Crippen molar-refractivity contribution in [2.75, 3.05) is 0 Å². The third-order valence-electron chi connectivity index (χ3n) is 6.23. The van der Waals surface area contributed by atoms with E-state index in [0.717, 1.165) is 66.0 Å². The monoisotopic (exact) mass is 444 g/mol. The number of fused-ring (bicyclic) bond motifs is 3. The van der Waals surface area contributed by atoms with Crippen LogP contribution >= 0.6 is 24.0 Å². The molecule has 1 saturated carbocycles. The summed E-state index contributed by atoms with van der Waals surface area (Å²) in [6.07, 6.45) is 6.26. The Bertz CT molecular complexity index is 1060. The lowest BCUT2D eigenvalue weighted by molar-refractivity contribution is 0.375. The third kappa shape index (κ3) is 3.84. The Hall–Kier alpha value is -2.02. The van der Waals surface area contributed by atoms with E-state index < -0.39 is 0 Å². The average molecular weight is 445 g/mol. The van der Waals surface area contributed by atoms with Crippen LogP contribution < -0.4 is 5.32 Å². The molecule has 1 aliphatic carbocycles. The zero-order chi connectivity index (χ0) is 20.0. The molecule has 0 radical (unpaired) electrons. The van der Waals surface area contributed by atoms with Gasteiger partial charge in [-0.15, -0.1) is 22.6 Å². The van der Waals surface area contributed by atoms with E-state index in [9.17, 15) is 0 Å². The first-order chi connectivity index (χ1) is 14.1. The lowest BCUT2D eigenvalue weighted by Gasteiger charge is -2.28. The third-order valence-corrected chi connectivity index (χ3v) is 6.46. The molecule has 0 amide bonds. The fourth-order valence-corrected chi connectivity index (χ4v) is 4.96. The molecule has 2 aliphatic rings. The summed E-state index contributed by atoms with van der Waals surface area (Å²) in [5, 5.41) is 13.3. The molecule has 1 fully saturated rings. The maximum atomic E-state index is 6.24. The van der Waals surface area contributed by atoms with Gasteiger partial charge in [0, 0.05) is 29.6 Å². The van der Waals surface area contributed by atoms with Crippen molar-refractivity contribution in [1.82, 2.24) is 30.0 Å². The van der Waals surface area contributed by atoms with Crippen LogP contribution in [0.5, 0.6) is 0 Å². The van der Waals surface area contributed by atoms with Gasteiger partial charge in [-0.3, -0.25) is 14.5 Å². The molecule has 158 valence electrons. The number of aryl methyl sites for hydroxylation is 2. The van der Waals surface area contributed by atoms with Gasteiger partial charge in [-0.1, -0.05) is 11.6 Å². The lowest BCUT2D eigenvalue weighted by atomic mass is 9.79. The molecule has 30 heavy (non-hydrogen) atoms. The van der Waals surface area contributed by atoms with E-state index >= 15 is 0 Å². The zero-order valence-electron chi connectivity index (χ0n) is 17.2. The van der Waals surface area contributed by atoms with E-state index in [1.54, 1.807) is 0 Å². The van der Waals surface area contributed by atoms with Crippen molar-refractivity contribution in [2.45, 2.75) is 64.5 Å². The highest BCUT2D eigenvalue weighted by Gasteiger charge is 2.30. The first-order valence-electron chi connectivity index (χ1n) is 10.3. The van der Waals surface area contributed by atoms with Crippen LogP contribution in [0.2, 0.25) is 5.02 Å². The van der Waals surface area contributed by atoms with Crippen molar-refractivity contribution in [2.24, 2.45) is 0 Å². The van der Waals surface area contributed by atoms with Crippen molar-refractivity contribution in [3.05, 3.63) is 63.7 Å². The van der Waals surface area contributed by atoms with Gasteiger partial charge in [0.1, 0.15) is 5.82 Å². The van der Waals surface area contributed by atoms with Gasteiger partial charge in [-0.05, 0) is 63.3 Å². The Kier molecular flexibility index (Phi) is 6.09. The van der Waals surface area contributed by atoms with Gasteiger partial charge in [0.15, 0.2) is 5.82 Å². The Morgan fingerprint density at radius 3 is 2.60 bits per heavy atom. The van der Waals surface area contributed by atoms with Crippen molar-refractivity contribution in [3.63, 3.8) is 0 Å². The van der Waals surface area contributed by atoms with E-state index in [1.165, 1.54) is 11.3 Å². The van der Waals surface area contributed by atoms with Crippen molar-refractivity contribution >= 4 is 24.0 Å². The van der Waals surface area contributed by atoms with E-state index in [-0.39, 0.29) is 12.4 Å². The molecule has 5 rings (SSSR count). The topological polar surface area (TPSA) is 68.5 Å². The number of nitrogens with one attached hydrogen (secondary N) is 1. The number of halogens is 2. The molecule has 0 spiro atoms. The first kappa shape index (κ1) is 21.2. The largest absolute Gasteiger partial charge is 0.306 e. The maximum Gasteiger partial charge on any atom is 0.151 e. The summed E-state index contributed by atoms with van der Waals surface area (Å²) in [6.45, 7) is 5.59. The molecule has 0 bridgehead atoms. The predicted octanol–water partition coefficient (Wildman–Crippen LogP) is 4.79. The number of nitrogens with zero attached hydrogens (tertiary/aromatic N) is 5. The Labute approximate surface area is 187 Å². The van der Waals surface area contributed by atoms with Crippen LogP contribution in [0.1, 0.15) is 71.8 Å².